The minimum atomic E-state index is 0.733. The molecule has 1 aromatic rings. The highest BCUT2D eigenvalue weighted by molar-refractivity contribution is 9.10. The number of nitrogens with zero attached hydrogens (tertiary/aromatic N) is 1. The molecule has 0 saturated heterocycles. The lowest BCUT2D eigenvalue weighted by Gasteiger charge is -2.23. The summed E-state index contributed by atoms with van der Waals surface area (Å²) in [4.78, 5) is 2.29. The van der Waals surface area contributed by atoms with Crippen molar-refractivity contribution >= 4 is 15.9 Å². The van der Waals surface area contributed by atoms with Gasteiger partial charge in [-0.25, -0.2) is 0 Å². The van der Waals surface area contributed by atoms with Crippen LogP contribution in [0.1, 0.15) is 28.7 Å². The second kappa shape index (κ2) is 7.27. The highest BCUT2D eigenvalue weighted by atomic mass is 79.9. The van der Waals surface area contributed by atoms with Gasteiger partial charge in [-0.1, -0.05) is 15.9 Å². The average molecular weight is 329 g/mol. The zero-order valence-corrected chi connectivity index (χ0v) is 14.2. The highest BCUT2D eigenvalue weighted by Crippen LogP contribution is 2.36. The summed E-state index contributed by atoms with van der Waals surface area (Å²) in [6.07, 6.45) is 1.02. The highest BCUT2D eigenvalue weighted by Gasteiger charge is 2.17. The van der Waals surface area contributed by atoms with Crippen molar-refractivity contribution in [1.29, 1.82) is 0 Å². The summed E-state index contributed by atoms with van der Waals surface area (Å²) in [6.45, 7) is 9.00. The Hall–Kier alpha value is -0.580. The second-order valence-electron chi connectivity index (χ2n) is 5.08. The first-order valence-electron chi connectivity index (χ1n) is 6.64. The van der Waals surface area contributed by atoms with E-state index in [4.69, 9.17) is 10.5 Å². The van der Waals surface area contributed by atoms with Gasteiger partial charge in [-0.3, -0.25) is 0 Å². The van der Waals surface area contributed by atoms with Gasteiger partial charge in [-0.15, -0.1) is 0 Å². The van der Waals surface area contributed by atoms with Gasteiger partial charge in [0, 0.05) is 16.6 Å². The van der Waals surface area contributed by atoms with E-state index in [1.165, 1.54) is 26.7 Å². The molecule has 0 atom stereocenters. The Labute approximate surface area is 125 Å². The monoisotopic (exact) mass is 328 g/mol. The predicted molar refractivity (Wildman–Crippen MR) is 84.9 cm³/mol. The van der Waals surface area contributed by atoms with E-state index >= 15 is 0 Å². The molecule has 19 heavy (non-hydrogen) atoms. The SMILES string of the molecule is COc1c(C)c(C)c(Br)c(C)c1CN(C)CCCN. The third-order valence-electron chi connectivity index (χ3n) is 3.66. The summed E-state index contributed by atoms with van der Waals surface area (Å²) in [5, 5.41) is 0. The van der Waals surface area contributed by atoms with Crippen molar-refractivity contribution in [3.8, 4) is 5.75 Å². The molecule has 4 heteroatoms. The molecule has 108 valence electrons. The van der Waals surface area contributed by atoms with Crippen LogP contribution in [0.4, 0.5) is 0 Å². The van der Waals surface area contributed by atoms with Crippen LogP contribution in [-0.2, 0) is 6.54 Å². The molecule has 1 rings (SSSR count). The Morgan fingerprint density at radius 2 is 1.79 bits per heavy atom. The lowest BCUT2D eigenvalue weighted by atomic mass is 9.98. The summed E-state index contributed by atoms with van der Waals surface area (Å²) in [7, 11) is 3.87. The molecule has 3 nitrogen and oxygen atoms in total. The van der Waals surface area contributed by atoms with Gasteiger partial charge in [0.25, 0.3) is 0 Å². The van der Waals surface area contributed by atoms with Gasteiger partial charge in [-0.2, -0.15) is 0 Å². The topological polar surface area (TPSA) is 38.5 Å². The number of halogens is 1. The van der Waals surface area contributed by atoms with Gasteiger partial charge in [0.15, 0.2) is 0 Å². The molecule has 2 N–H and O–H groups in total. The molecular weight excluding hydrogens is 304 g/mol. The predicted octanol–water partition coefficient (Wildman–Crippen LogP) is 3.16. The van der Waals surface area contributed by atoms with Crippen molar-refractivity contribution < 1.29 is 4.74 Å². The van der Waals surface area contributed by atoms with Crippen LogP contribution in [0.5, 0.6) is 5.75 Å². The molecule has 0 saturated carbocycles. The first kappa shape index (κ1) is 16.5. The van der Waals surface area contributed by atoms with Crippen LogP contribution in [-0.4, -0.2) is 32.1 Å². The summed E-state index contributed by atoms with van der Waals surface area (Å²) < 4.78 is 6.81. The van der Waals surface area contributed by atoms with E-state index in [0.29, 0.717) is 0 Å². The smallest absolute Gasteiger partial charge is 0.126 e. The van der Waals surface area contributed by atoms with Crippen molar-refractivity contribution in [2.75, 3.05) is 27.2 Å². The number of ether oxygens (including phenoxy) is 1. The Morgan fingerprint density at radius 1 is 1.16 bits per heavy atom. The molecule has 1 aromatic carbocycles. The summed E-state index contributed by atoms with van der Waals surface area (Å²) in [5.74, 6) is 1.01. The van der Waals surface area contributed by atoms with Gasteiger partial charge in [0.05, 0.1) is 7.11 Å². The molecule has 0 radical (unpaired) electrons. The van der Waals surface area contributed by atoms with Crippen LogP contribution < -0.4 is 10.5 Å². The number of hydrogen-bond acceptors (Lipinski definition) is 3. The summed E-state index contributed by atoms with van der Waals surface area (Å²) in [6, 6.07) is 0. The maximum atomic E-state index is 5.63. The van der Waals surface area contributed by atoms with Crippen LogP contribution in [0.3, 0.4) is 0 Å². The minimum Gasteiger partial charge on any atom is -0.496 e. The zero-order chi connectivity index (χ0) is 14.6. The fraction of sp³-hybridized carbons (Fsp3) is 0.600. The number of nitrogens with two attached hydrogens (primary N) is 1. The first-order chi connectivity index (χ1) is 8.93. The molecule has 0 spiro atoms. The van der Waals surface area contributed by atoms with Crippen LogP contribution in [0.25, 0.3) is 0 Å². The molecule has 0 aliphatic heterocycles. The van der Waals surface area contributed by atoms with Crippen molar-refractivity contribution in [3.63, 3.8) is 0 Å². The van der Waals surface area contributed by atoms with E-state index in [1.54, 1.807) is 7.11 Å². The normalized spacial score (nSPS) is 11.2. The Bertz CT molecular complexity index is 447. The van der Waals surface area contributed by atoms with Crippen molar-refractivity contribution in [3.05, 3.63) is 26.7 Å². The fourth-order valence-electron chi connectivity index (χ4n) is 2.32. The van der Waals surface area contributed by atoms with Gasteiger partial charge in [0.1, 0.15) is 5.75 Å². The molecule has 0 fully saturated rings. The van der Waals surface area contributed by atoms with Gasteiger partial charge in [-0.05, 0) is 64.0 Å². The van der Waals surface area contributed by atoms with Gasteiger partial charge >= 0.3 is 0 Å². The zero-order valence-electron chi connectivity index (χ0n) is 12.6. The lowest BCUT2D eigenvalue weighted by Crippen LogP contribution is -2.22. The van der Waals surface area contributed by atoms with E-state index < -0.39 is 0 Å². The number of rotatable bonds is 6. The van der Waals surface area contributed by atoms with Crippen molar-refractivity contribution in [2.45, 2.75) is 33.7 Å². The van der Waals surface area contributed by atoms with E-state index in [1.807, 2.05) is 0 Å². The largest absolute Gasteiger partial charge is 0.496 e. The Balaban J connectivity index is 3.12. The quantitative estimate of drug-likeness (QED) is 0.871. The van der Waals surface area contributed by atoms with Crippen LogP contribution in [0.15, 0.2) is 4.47 Å². The Morgan fingerprint density at radius 3 is 2.32 bits per heavy atom. The lowest BCUT2D eigenvalue weighted by molar-refractivity contribution is 0.313. The average Bonchev–Trinajstić information content (AvgIpc) is 2.40. The third kappa shape index (κ3) is 3.71. The molecule has 0 aliphatic carbocycles. The van der Waals surface area contributed by atoms with Crippen molar-refractivity contribution in [1.82, 2.24) is 4.90 Å². The number of hydrogen-bond donors (Lipinski definition) is 1. The number of methoxy groups -OCH3 is 1. The summed E-state index contributed by atoms with van der Waals surface area (Å²) in [5.41, 5.74) is 10.6. The molecule has 0 aliphatic rings. The van der Waals surface area contributed by atoms with Crippen LogP contribution >= 0.6 is 15.9 Å². The van der Waals surface area contributed by atoms with Crippen molar-refractivity contribution in [2.24, 2.45) is 5.73 Å². The fourth-order valence-corrected chi connectivity index (χ4v) is 2.86. The van der Waals surface area contributed by atoms with Gasteiger partial charge in [0.2, 0.25) is 0 Å². The van der Waals surface area contributed by atoms with E-state index in [-0.39, 0.29) is 0 Å². The van der Waals surface area contributed by atoms with Gasteiger partial charge < -0.3 is 15.4 Å². The third-order valence-corrected chi connectivity index (χ3v) is 4.85. The summed E-state index contributed by atoms with van der Waals surface area (Å²) >= 11 is 3.69. The molecular formula is C15H25BrN2O. The van der Waals surface area contributed by atoms with E-state index in [0.717, 1.165) is 31.8 Å². The second-order valence-corrected chi connectivity index (χ2v) is 5.87. The number of benzene rings is 1. The van der Waals surface area contributed by atoms with Crippen LogP contribution in [0.2, 0.25) is 0 Å². The molecule has 0 aromatic heterocycles. The molecule has 0 bridgehead atoms. The maximum Gasteiger partial charge on any atom is 0.126 e. The van der Waals surface area contributed by atoms with Crippen LogP contribution in [0, 0.1) is 20.8 Å². The Kier molecular flexibility index (Phi) is 6.30. The van der Waals surface area contributed by atoms with E-state index in [9.17, 15) is 0 Å². The molecule has 0 unspecified atom stereocenters. The minimum absolute atomic E-state index is 0.733. The first-order valence-corrected chi connectivity index (χ1v) is 7.44. The van der Waals surface area contributed by atoms with E-state index in [2.05, 4.69) is 48.6 Å². The molecule has 0 heterocycles. The maximum absolute atomic E-state index is 5.63. The molecule has 0 amide bonds. The standard InChI is InChI=1S/C15H25BrN2O/c1-10-11(2)15(19-5)13(12(3)14(10)16)9-18(4)8-6-7-17/h6-9,17H2,1-5H3.